The van der Waals surface area contributed by atoms with Gasteiger partial charge in [0.2, 0.25) is 0 Å². The molecule has 0 fully saturated rings. The van der Waals surface area contributed by atoms with E-state index in [1.807, 2.05) is 16.8 Å². The summed E-state index contributed by atoms with van der Waals surface area (Å²) in [5.74, 6) is -0.434. The highest BCUT2D eigenvalue weighted by atomic mass is 32.1. The Morgan fingerprint density at radius 2 is 2.16 bits per heavy atom. The van der Waals surface area contributed by atoms with Crippen molar-refractivity contribution in [2.24, 2.45) is 0 Å². The van der Waals surface area contributed by atoms with E-state index in [-0.39, 0.29) is 0 Å². The summed E-state index contributed by atoms with van der Waals surface area (Å²) >= 11 is 3.05. The van der Waals surface area contributed by atoms with Gasteiger partial charge in [0, 0.05) is 18.8 Å². The van der Waals surface area contributed by atoms with Gasteiger partial charge in [-0.2, -0.15) is 11.3 Å². The molecule has 2 aromatic rings. The summed E-state index contributed by atoms with van der Waals surface area (Å²) in [6.07, 6.45) is 0.713. The van der Waals surface area contributed by atoms with Crippen LogP contribution in [-0.2, 0) is 6.42 Å². The molecule has 8 heteroatoms. The van der Waals surface area contributed by atoms with Gasteiger partial charge in [-0.15, -0.1) is 11.3 Å². The third-order valence-electron chi connectivity index (χ3n) is 2.24. The Morgan fingerprint density at radius 3 is 2.84 bits per heavy atom. The number of thiophene rings is 1. The predicted octanol–water partition coefficient (Wildman–Crippen LogP) is 1.37. The van der Waals surface area contributed by atoms with E-state index in [0.29, 0.717) is 12.1 Å². The third-order valence-corrected chi connectivity index (χ3v) is 3.82. The summed E-state index contributed by atoms with van der Waals surface area (Å²) in [6.45, 7) is 0. The topological polar surface area (TPSA) is 83.1 Å². The summed E-state index contributed by atoms with van der Waals surface area (Å²) in [7, 11) is 1.46. The molecule has 0 saturated heterocycles. The second kappa shape index (κ2) is 6.30. The number of nitrogens with zero attached hydrogens (tertiary/aromatic N) is 1. The number of hydrogen-bond acceptors (Lipinski definition) is 5. The SMILES string of the molecule is CNC(=O)NNC(=O)c1csc(Cc2ccsc2)n1. The van der Waals surface area contributed by atoms with Crippen molar-refractivity contribution in [2.45, 2.75) is 6.42 Å². The Bertz CT molecular complexity index is 565. The molecular weight excluding hydrogens is 284 g/mol. The molecule has 0 bridgehead atoms. The maximum Gasteiger partial charge on any atom is 0.333 e. The van der Waals surface area contributed by atoms with E-state index in [1.165, 1.54) is 23.9 Å². The van der Waals surface area contributed by atoms with E-state index in [4.69, 9.17) is 0 Å². The van der Waals surface area contributed by atoms with Crippen LogP contribution in [0.2, 0.25) is 0 Å². The Hall–Kier alpha value is -1.93. The number of carbonyl (C=O) groups is 2. The van der Waals surface area contributed by atoms with Gasteiger partial charge in [0.15, 0.2) is 0 Å². The van der Waals surface area contributed by atoms with E-state index in [0.717, 1.165) is 5.01 Å². The summed E-state index contributed by atoms with van der Waals surface area (Å²) in [5, 5.41) is 8.91. The van der Waals surface area contributed by atoms with Gasteiger partial charge < -0.3 is 5.32 Å². The number of nitrogens with one attached hydrogen (secondary N) is 3. The van der Waals surface area contributed by atoms with E-state index in [9.17, 15) is 9.59 Å². The molecule has 0 atom stereocenters. The molecule has 100 valence electrons. The maximum atomic E-state index is 11.7. The summed E-state index contributed by atoms with van der Waals surface area (Å²) in [5.41, 5.74) is 5.94. The standard InChI is InChI=1S/C11H12N4O2S2/c1-12-11(17)15-14-10(16)8-6-19-9(13-8)4-7-2-3-18-5-7/h2-3,5-6H,4H2,1H3,(H,14,16)(H2,12,15,17). The Kier molecular flexibility index (Phi) is 4.48. The zero-order valence-corrected chi connectivity index (χ0v) is 11.7. The average Bonchev–Trinajstić information content (AvgIpc) is 3.07. The smallest absolute Gasteiger partial charge is 0.333 e. The fourth-order valence-electron chi connectivity index (χ4n) is 1.30. The van der Waals surface area contributed by atoms with Crippen molar-refractivity contribution in [3.8, 4) is 0 Å². The first-order valence-corrected chi connectivity index (χ1v) is 7.25. The highest BCUT2D eigenvalue weighted by molar-refractivity contribution is 7.10. The molecule has 3 amide bonds. The molecule has 0 unspecified atom stereocenters. The quantitative estimate of drug-likeness (QED) is 0.748. The van der Waals surface area contributed by atoms with Crippen LogP contribution in [-0.4, -0.2) is 24.0 Å². The molecule has 19 heavy (non-hydrogen) atoms. The Morgan fingerprint density at radius 1 is 1.32 bits per heavy atom. The molecule has 0 radical (unpaired) electrons. The second-order valence-corrected chi connectivity index (χ2v) is 5.32. The van der Waals surface area contributed by atoms with Crippen molar-refractivity contribution in [1.82, 2.24) is 21.2 Å². The zero-order valence-electron chi connectivity index (χ0n) is 10.1. The van der Waals surface area contributed by atoms with Crippen LogP contribution in [0.15, 0.2) is 22.2 Å². The van der Waals surface area contributed by atoms with Crippen molar-refractivity contribution >= 4 is 34.6 Å². The Balaban J connectivity index is 1.93. The molecule has 0 aliphatic carbocycles. The van der Waals surface area contributed by atoms with Gasteiger partial charge in [0.1, 0.15) is 5.69 Å². The van der Waals surface area contributed by atoms with Gasteiger partial charge in [-0.3, -0.25) is 10.2 Å². The molecule has 2 heterocycles. The van der Waals surface area contributed by atoms with Gasteiger partial charge in [0.05, 0.1) is 5.01 Å². The van der Waals surface area contributed by atoms with Crippen molar-refractivity contribution in [2.75, 3.05) is 7.05 Å². The van der Waals surface area contributed by atoms with Crippen LogP contribution in [0.5, 0.6) is 0 Å². The fraction of sp³-hybridized carbons (Fsp3) is 0.182. The first-order chi connectivity index (χ1) is 9.19. The fourth-order valence-corrected chi connectivity index (χ4v) is 2.78. The lowest BCUT2D eigenvalue weighted by Gasteiger charge is -2.04. The number of hydrazine groups is 1. The van der Waals surface area contributed by atoms with E-state index in [2.05, 4.69) is 21.2 Å². The van der Waals surface area contributed by atoms with Crippen molar-refractivity contribution in [3.63, 3.8) is 0 Å². The minimum atomic E-state index is -0.484. The highest BCUT2D eigenvalue weighted by Gasteiger charge is 2.11. The molecule has 0 aromatic carbocycles. The lowest BCUT2D eigenvalue weighted by molar-refractivity contribution is 0.0932. The number of thiazole rings is 1. The number of carbonyl (C=O) groups excluding carboxylic acids is 2. The molecule has 0 saturated carbocycles. The number of hydrogen-bond donors (Lipinski definition) is 3. The monoisotopic (exact) mass is 296 g/mol. The molecule has 3 N–H and O–H groups in total. The minimum absolute atomic E-state index is 0.298. The van der Waals surface area contributed by atoms with Crippen molar-refractivity contribution in [1.29, 1.82) is 0 Å². The summed E-state index contributed by atoms with van der Waals surface area (Å²) in [4.78, 5) is 26.8. The van der Waals surface area contributed by atoms with Crippen LogP contribution in [0.3, 0.4) is 0 Å². The largest absolute Gasteiger partial charge is 0.340 e. The van der Waals surface area contributed by atoms with Crippen LogP contribution in [0.4, 0.5) is 4.79 Å². The Labute approximate surface area is 117 Å². The number of amides is 3. The average molecular weight is 296 g/mol. The molecule has 6 nitrogen and oxygen atoms in total. The molecule has 2 rings (SSSR count). The first kappa shape index (κ1) is 13.5. The summed E-state index contributed by atoms with van der Waals surface area (Å²) < 4.78 is 0. The zero-order chi connectivity index (χ0) is 13.7. The van der Waals surface area contributed by atoms with Crippen LogP contribution in [0, 0.1) is 0 Å². The molecule has 0 aliphatic heterocycles. The second-order valence-electron chi connectivity index (χ2n) is 3.59. The minimum Gasteiger partial charge on any atom is -0.340 e. The van der Waals surface area contributed by atoms with Gasteiger partial charge in [-0.05, 0) is 22.4 Å². The van der Waals surface area contributed by atoms with Gasteiger partial charge in [-0.1, -0.05) is 0 Å². The molecule has 0 aliphatic rings. The lowest BCUT2D eigenvalue weighted by atomic mass is 10.2. The van der Waals surface area contributed by atoms with Crippen LogP contribution in [0.1, 0.15) is 21.1 Å². The van der Waals surface area contributed by atoms with Gasteiger partial charge >= 0.3 is 6.03 Å². The first-order valence-electron chi connectivity index (χ1n) is 5.42. The predicted molar refractivity (Wildman–Crippen MR) is 74.3 cm³/mol. The molecule has 2 aromatic heterocycles. The van der Waals surface area contributed by atoms with Crippen LogP contribution >= 0.6 is 22.7 Å². The third kappa shape index (κ3) is 3.76. The summed E-state index contributed by atoms with van der Waals surface area (Å²) in [6, 6.07) is 1.54. The van der Waals surface area contributed by atoms with E-state index in [1.54, 1.807) is 16.7 Å². The highest BCUT2D eigenvalue weighted by Crippen LogP contribution is 2.16. The lowest BCUT2D eigenvalue weighted by Crippen LogP contribution is -2.45. The van der Waals surface area contributed by atoms with Crippen LogP contribution in [0.25, 0.3) is 0 Å². The van der Waals surface area contributed by atoms with Gasteiger partial charge in [0.25, 0.3) is 5.91 Å². The molecular formula is C11H12N4O2S2. The number of rotatable bonds is 3. The van der Waals surface area contributed by atoms with E-state index >= 15 is 0 Å². The van der Waals surface area contributed by atoms with Crippen molar-refractivity contribution < 1.29 is 9.59 Å². The van der Waals surface area contributed by atoms with Crippen LogP contribution < -0.4 is 16.2 Å². The normalized spacial score (nSPS) is 9.95. The van der Waals surface area contributed by atoms with E-state index < -0.39 is 11.9 Å². The molecule has 0 spiro atoms. The number of aromatic nitrogens is 1. The van der Waals surface area contributed by atoms with Crippen molar-refractivity contribution in [3.05, 3.63) is 38.5 Å². The van der Waals surface area contributed by atoms with Gasteiger partial charge in [-0.25, -0.2) is 15.2 Å². The maximum absolute atomic E-state index is 11.7. The number of urea groups is 1.